The minimum atomic E-state index is -0.992. The van der Waals surface area contributed by atoms with Crippen LogP contribution in [0.25, 0.3) is 0 Å². The number of aryl methyl sites for hydroxylation is 1. The highest BCUT2D eigenvalue weighted by Gasteiger charge is 2.38. The van der Waals surface area contributed by atoms with E-state index in [1.165, 1.54) is 0 Å². The summed E-state index contributed by atoms with van der Waals surface area (Å²) < 4.78 is 5.54. The molecule has 0 radical (unpaired) electrons. The number of carboxylic acids is 1. The quantitative estimate of drug-likeness (QED) is 0.866. The van der Waals surface area contributed by atoms with E-state index in [4.69, 9.17) is 4.74 Å². The second-order valence-electron chi connectivity index (χ2n) is 5.24. The van der Waals surface area contributed by atoms with Crippen LogP contribution in [0.1, 0.15) is 41.9 Å². The summed E-state index contributed by atoms with van der Waals surface area (Å²) in [6.07, 6.45) is 0.805. The van der Waals surface area contributed by atoms with E-state index < -0.39 is 5.97 Å². The van der Waals surface area contributed by atoms with Gasteiger partial charge in [0.25, 0.3) is 0 Å². The summed E-state index contributed by atoms with van der Waals surface area (Å²) in [6, 6.07) is 0. The lowest BCUT2D eigenvalue weighted by atomic mass is 9.94. The van der Waals surface area contributed by atoms with E-state index in [1.807, 2.05) is 13.8 Å². The van der Waals surface area contributed by atoms with Crippen molar-refractivity contribution in [3.63, 3.8) is 0 Å². The molecule has 2 atom stereocenters. The Kier molecular flexibility index (Phi) is 3.45. The zero-order valence-corrected chi connectivity index (χ0v) is 11.6. The summed E-state index contributed by atoms with van der Waals surface area (Å²) in [4.78, 5) is 11.4. The first-order valence-corrected chi connectivity index (χ1v) is 6.32. The summed E-state index contributed by atoms with van der Waals surface area (Å²) in [7, 11) is 0. The van der Waals surface area contributed by atoms with Gasteiger partial charge in [-0.25, -0.2) is 4.79 Å². The third kappa shape index (κ3) is 2.40. The van der Waals surface area contributed by atoms with Crippen LogP contribution in [-0.2, 0) is 4.74 Å². The molecule has 2 unspecified atom stereocenters. The normalized spacial score (nSPS) is 26.4. The van der Waals surface area contributed by atoms with E-state index in [0.29, 0.717) is 23.7 Å². The van der Waals surface area contributed by atoms with Gasteiger partial charge in [0, 0.05) is 6.61 Å². The maximum Gasteiger partial charge on any atom is 0.339 e. The molecule has 1 fully saturated rings. The smallest absolute Gasteiger partial charge is 0.339 e. The fraction of sp³-hybridized carbons (Fsp3) is 0.615. The van der Waals surface area contributed by atoms with Gasteiger partial charge in [-0.2, -0.15) is 5.10 Å². The molecule has 1 aromatic rings. The van der Waals surface area contributed by atoms with Crippen LogP contribution in [0.2, 0.25) is 0 Å². The predicted octanol–water partition coefficient (Wildman–Crippen LogP) is 1.77. The number of ether oxygens (including phenoxy) is 1. The van der Waals surface area contributed by atoms with Crippen LogP contribution < -0.4 is 5.32 Å². The fourth-order valence-electron chi connectivity index (χ4n) is 2.23. The molecule has 0 bridgehead atoms. The molecule has 1 aliphatic rings. The second kappa shape index (κ2) is 4.77. The van der Waals surface area contributed by atoms with Crippen molar-refractivity contribution in [3.8, 4) is 0 Å². The first kappa shape index (κ1) is 13.7. The fourth-order valence-corrected chi connectivity index (χ4v) is 2.23. The minimum Gasteiger partial charge on any atom is -0.478 e. The SMILES string of the molecule is Cc1nnc(NC2(C)CCOC2C)c(C(=O)O)c1C. The molecule has 0 aliphatic carbocycles. The molecule has 104 valence electrons. The van der Waals surface area contributed by atoms with Crippen molar-refractivity contribution >= 4 is 11.8 Å². The summed E-state index contributed by atoms with van der Waals surface area (Å²) in [5.41, 5.74) is 1.14. The zero-order valence-electron chi connectivity index (χ0n) is 11.6. The van der Waals surface area contributed by atoms with Gasteiger partial charge in [0.05, 0.1) is 17.3 Å². The molecule has 1 saturated heterocycles. The molecule has 19 heavy (non-hydrogen) atoms. The number of nitrogens with zero attached hydrogens (tertiary/aromatic N) is 2. The van der Waals surface area contributed by atoms with E-state index in [2.05, 4.69) is 15.5 Å². The van der Waals surface area contributed by atoms with Crippen LogP contribution >= 0.6 is 0 Å². The first-order valence-electron chi connectivity index (χ1n) is 6.32. The van der Waals surface area contributed by atoms with Crippen LogP contribution in [0.5, 0.6) is 0 Å². The van der Waals surface area contributed by atoms with Gasteiger partial charge in [-0.05, 0) is 39.7 Å². The zero-order chi connectivity index (χ0) is 14.2. The average Bonchev–Trinajstić information content (AvgIpc) is 2.64. The van der Waals surface area contributed by atoms with Gasteiger partial charge in [0.2, 0.25) is 0 Å². The van der Waals surface area contributed by atoms with E-state index in [1.54, 1.807) is 13.8 Å². The Balaban J connectivity index is 2.40. The van der Waals surface area contributed by atoms with Crippen molar-refractivity contribution < 1.29 is 14.6 Å². The van der Waals surface area contributed by atoms with Crippen molar-refractivity contribution in [2.75, 3.05) is 11.9 Å². The number of aromatic nitrogens is 2. The van der Waals surface area contributed by atoms with Crippen LogP contribution in [0.4, 0.5) is 5.82 Å². The highest BCUT2D eigenvalue weighted by Crippen LogP contribution is 2.30. The molecular weight excluding hydrogens is 246 g/mol. The maximum absolute atomic E-state index is 11.4. The molecule has 0 saturated carbocycles. The van der Waals surface area contributed by atoms with Crippen LogP contribution in [0.3, 0.4) is 0 Å². The molecule has 6 heteroatoms. The monoisotopic (exact) mass is 265 g/mol. The minimum absolute atomic E-state index is 0.00226. The Hall–Kier alpha value is -1.69. The number of rotatable bonds is 3. The Morgan fingerprint density at radius 3 is 2.68 bits per heavy atom. The number of aromatic carboxylic acids is 1. The Labute approximate surface area is 112 Å². The van der Waals surface area contributed by atoms with Gasteiger partial charge in [0.1, 0.15) is 5.56 Å². The molecule has 1 aromatic heterocycles. The highest BCUT2D eigenvalue weighted by atomic mass is 16.5. The van der Waals surface area contributed by atoms with Crippen molar-refractivity contribution in [2.45, 2.75) is 45.8 Å². The molecular formula is C13H19N3O3. The van der Waals surface area contributed by atoms with Gasteiger partial charge < -0.3 is 15.2 Å². The molecule has 2 heterocycles. The van der Waals surface area contributed by atoms with Crippen LogP contribution in [0, 0.1) is 13.8 Å². The van der Waals surface area contributed by atoms with Crippen LogP contribution in [-0.4, -0.2) is 39.5 Å². The van der Waals surface area contributed by atoms with Crippen molar-refractivity contribution in [3.05, 3.63) is 16.8 Å². The third-order valence-corrected chi connectivity index (χ3v) is 3.96. The van der Waals surface area contributed by atoms with Gasteiger partial charge in [0.15, 0.2) is 5.82 Å². The van der Waals surface area contributed by atoms with Crippen LogP contribution in [0.15, 0.2) is 0 Å². The molecule has 0 aromatic carbocycles. The van der Waals surface area contributed by atoms with E-state index in [0.717, 1.165) is 6.42 Å². The predicted molar refractivity (Wildman–Crippen MR) is 70.5 cm³/mol. The van der Waals surface area contributed by atoms with Crippen molar-refractivity contribution in [1.82, 2.24) is 10.2 Å². The lowest BCUT2D eigenvalue weighted by Crippen LogP contribution is -2.42. The Morgan fingerprint density at radius 1 is 1.47 bits per heavy atom. The molecule has 1 aliphatic heterocycles. The number of hydrogen-bond acceptors (Lipinski definition) is 5. The van der Waals surface area contributed by atoms with Crippen molar-refractivity contribution in [1.29, 1.82) is 0 Å². The molecule has 0 spiro atoms. The third-order valence-electron chi connectivity index (χ3n) is 3.96. The lowest BCUT2D eigenvalue weighted by molar-refractivity contribution is 0.0695. The van der Waals surface area contributed by atoms with Gasteiger partial charge in [-0.15, -0.1) is 5.10 Å². The standard InChI is InChI=1S/C13H19N3O3/c1-7-8(2)15-16-11(10(7)12(17)18)14-13(4)5-6-19-9(13)3/h9H,5-6H2,1-4H3,(H,14,16)(H,17,18). The molecule has 2 N–H and O–H groups in total. The number of carbonyl (C=O) groups is 1. The molecule has 6 nitrogen and oxygen atoms in total. The van der Waals surface area contributed by atoms with Crippen molar-refractivity contribution in [2.24, 2.45) is 0 Å². The second-order valence-corrected chi connectivity index (χ2v) is 5.24. The highest BCUT2D eigenvalue weighted by molar-refractivity contribution is 5.95. The number of hydrogen-bond donors (Lipinski definition) is 2. The first-order chi connectivity index (χ1) is 8.85. The topological polar surface area (TPSA) is 84.3 Å². The number of nitrogens with one attached hydrogen (secondary N) is 1. The largest absolute Gasteiger partial charge is 0.478 e. The lowest BCUT2D eigenvalue weighted by Gasteiger charge is -2.30. The number of anilines is 1. The van der Waals surface area contributed by atoms with E-state index in [9.17, 15) is 9.90 Å². The van der Waals surface area contributed by atoms with Gasteiger partial charge >= 0.3 is 5.97 Å². The summed E-state index contributed by atoms with van der Waals surface area (Å²) in [5.74, 6) is -0.677. The summed E-state index contributed by atoms with van der Waals surface area (Å²) in [5, 5.41) is 20.6. The molecule has 0 amide bonds. The van der Waals surface area contributed by atoms with E-state index >= 15 is 0 Å². The number of carboxylic acid groups (broad SMARTS) is 1. The maximum atomic E-state index is 11.4. The Bertz CT molecular complexity index is 518. The summed E-state index contributed by atoms with van der Waals surface area (Å²) in [6.45, 7) is 8.13. The Morgan fingerprint density at radius 2 is 2.16 bits per heavy atom. The van der Waals surface area contributed by atoms with E-state index in [-0.39, 0.29) is 17.2 Å². The van der Waals surface area contributed by atoms with Gasteiger partial charge in [-0.3, -0.25) is 0 Å². The summed E-state index contributed by atoms with van der Waals surface area (Å²) >= 11 is 0. The molecule has 2 rings (SSSR count). The van der Waals surface area contributed by atoms with Gasteiger partial charge in [-0.1, -0.05) is 0 Å². The average molecular weight is 265 g/mol.